The molecule has 0 spiro atoms. The van der Waals surface area contributed by atoms with Crippen molar-refractivity contribution in [1.29, 1.82) is 0 Å². The first-order valence-electron chi connectivity index (χ1n) is 9.49. The molecule has 3 rings (SSSR count). The topological polar surface area (TPSA) is 105 Å². The van der Waals surface area contributed by atoms with E-state index >= 15 is 0 Å². The Hall–Kier alpha value is -2.72. The molecule has 1 fully saturated rings. The van der Waals surface area contributed by atoms with Crippen molar-refractivity contribution in [1.82, 2.24) is 24.3 Å². The number of carbonyl (C=O) groups is 2. The second-order valence-electron chi connectivity index (χ2n) is 6.80. The van der Waals surface area contributed by atoms with Crippen LogP contribution in [0.4, 0.5) is 0 Å². The first-order chi connectivity index (χ1) is 13.9. The Kier molecular flexibility index (Phi) is 6.65. The highest BCUT2D eigenvalue weighted by atomic mass is 32.2. The zero-order chi connectivity index (χ0) is 20.9. The average molecular weight is 420 g/mol. The van der Waals surface area contributed by atoms with Gasteiger partial charge in [-0.3, -0.25) is 14.3 Å². The molecule has 0 saturated carbocycles. The zero-order valence-corrected chi connectivity index (χ0v) is 17.1. The molecule has 29 heavy (non-hydrogen) atoms. The summed E-state index contributed by atoms with van der Waals surface area (Å²) in [4.78, 5) is 26.8. The fourth-order valence-corrected chi connectivity index (χ4v) is 4.74. The largest absolute Gasteiger partial charge is 0.354 e. The Labute approximate surface area is 170 Å². The Morgan fingerprint density at radius 1 is 1.07 bits per heavy atom. The van der Waals surface area contributed by atoms with E-state index in [2.05, 4.69) is 10.4 Å². The molecule has 1 aliphatic heterocycles. The van der Waals surface area contributed by atoms with Gasteiger partial charge in [0.15, 0.2) is 0 Å². The summed E-state index contributed by atoms with van der Waals surface area (Å²) in [6.07, 6.45) is 2.08. The molecule has 0 aliphatic carbocycles. The summed E-state index contributed by atoms with van der Waals surface area (Å²) in [6.45, 7) is 1.36. The van der Waals surface area contributed by atoms with Crippen LogP contribution in [0.1, 0.15) is 23.3 Å². The lowest BCUT2D eigenvalue weighted by Crippen LogP contribution is -2.39. The van der Waals surface area contributed by atoms with E-state index < -0.39 is 10.0 Å². The number of amides is 2. The fourth-order valence-electron chi connectivity index (χ4n) is 3.24. The minimum atomic E-state index is -3.72. The number of nitrogens with zero attached hydrogens (tertiary/aromatic N) is 4. The molecule has 1 N–H and O–H groups in total. The Bertz CT molecular complexity index is 958. The highest BCUT2D eigenvalue weighted by molar-refractivity contribution is 7.89. The van der Waals surface area contributed by atoms with Crippen molar-refractivity contribution in [3.63, 3.8) is 0 Å². The van der Waals surface area contributed by atoms with E-state index in [1.165, 1.54) is 8.99 Å². The number of aryl methyl sites for hydroxylation is 1. The summed E-state index contributed by atoms with van der Waals surface area (Å²) in [7, 11) is -2.03. The van der Waals surface area contributed by atoms with E-state index in [1.807, 2.05) is 0 Å². The molecule has 2 aromatic rings. The standard InChI is InChI=1S/C19H25N5O4S/c1-22-17(8-10-21-22)19(26)23-12-5-13-24(14-9-18(25)20-11-15-23)29(27,28)16-6-3-2-4-7-16/h2-4,6-8,10H,5,9,11-15H2,1H3,(H,20,25). The summed E-state index contributed by atoms with van der Waals surface area (Å²) in [5.41, 5.74) is 0.444. The maximum absolute atomic E-state index is 13.0. The summed E-state index contributed by atoms with van der Waals surface area (Å²) in [5, 5.41) is 6.78. The number of hydrogen-bond donors (Lipinski definition) is 1. The van der Waals surface area contributed by atoms with Crippen LogP contribution in [0.3, 0.4) is 0 Å². The highest BCUT2D eigenvalue weighted by Gasteiger charge is 2.26. The molecule has 0 radical (unpaired) electrons. The Morgan fingerprint density at radius 2 is 1.83 bits per heavy atom. The van der Waals surface area contributed by atoms with Crippen LogP contribution in [-0.2, 0) is 21.9 Å². The maximum Gasteiger partial charge on any atom is 0.272 e. The van der Waals surface area contributed by atoms with E-state index in [-0.39, 0.29) is 36.2 Å². The highest BCUT2D eigenvalue weighted by Crippen LogP contribution is 2.17. The molecule has 2 amide bonds. The van der Waals surface area contributed by atoms with Gasteiger partial charge in [-0.25, -0.2) is 8.42 Å². The summed E-state index contributed by atoms with van der Waals surface area (Å²) < 4.78 is 28.8. The van der Waals surface area contributed by atoms with Crippen LogP contribution in [0.2, 0.25) is 0 Å². The molecule has 1 aromatic heterocycles. The second kappa shape index (κ2) is 9.19. The van der Waals surface area contributed by atoms with Gasteiger partial charge in [0.2, 0.25) is 15.9 Å². The molecule has 2 heterocycles. The number of carbonyl (C=O) groups excluding carboxylic acids is 2. The van der Waals surface area contributed by atoms with Gasteiger partial charge in [-0.15, -0.1) is 0 Å². The van der Waals surface area contributed by atoms with E-state index in [0.717, 1.165) is 0 Å². The first-order valence-corrected chi connectivity index (χ1v) is 10.9. The minimum absolute atomic E-state index is 0.0712. The summed E-state index contributed by atoms with van der Waals surface area (Å²) in [5.74, 6) is -0.441. The third-order valence-corrected chi connectivity index (χ3v) is 6.75. The third kappa shape index (κ3) is 5.01. The monoisotopic (exact) mass is 419 g/mol. The average Bonchev–Trinajstić information content (AvgIpc) is 3.12. The molecular weight excluding hydrogens is 394 g/mol. The van der Waals surface area contributed by atoms with E-state index in [9.17, 15) is 18.0 Å². The van der Waals surface area contributed by atoms with Gasteiger partial charge in [-0.05, 0) is 24.6 Å². The van der Waals surface area contributed by atoms with E-state index in [0.29, 0.717) is 31.7 Å². The molecule has 10 heteroatoms. The summed E-state index contributed by atoms with van der Waals surface area (Å²) in [6, 6.07) is 9.80. The molecule has 9 nitrogen and oxygen atoms in total. The van der Waals surface area contributed by atoms with Crippen molar-refractivity contribution in [2.24, 2.45) is 7.05 Å². The maximum atomic E-state index is 13.0. The first kappa shape index (κ1) is 21.0. The van der Waals surface area contributed by atoms with Gasteiger partial charge in [-0.1, -0.05) is 18.2 Å². The van der Waals surface area contributed by atoms with Crippen LogP contribution < -0.4 is 5.32 Å². The van der Waals surface area contributed by atoms with Crippen molar-refractivity contribution >= 4 is 21.8 Å². The van der Waals surface area contributed by atoms with Crippen LogP contribution in [0.5, 0.6) is 0 Å². The third-order valence-electron chi connectivity index (χ3n) is 4.84. The van der Waals surface area contributed by atoms with Crippen LogP contribution in [-0.4, -0.2) is 71.9 Å². The summed E-state index contributed by atoms with van der Waals surface area (Å²) >= 11 is 0. The number of hydrogen-bond acceptors (Lipinski definition) is 5. The fraction of sp³-hybridized carbons (Fsp3) is 0.421. The van der Waals surface area contributed by atoms with Gasteiger partial charge in [0.25, 0.3) is 5.91 Å². The Balaban J connectivity index is 1.78. The lowest BCUT2D eigenvalue weighted by Gasteiger charge is -2.24. The normalized spacial score (nSPS) is 17.4. The number of benzene rings is 1. The molecule has 0 bridgehead atoms. The van der Waals surface area contributed by atoms with Crippen LogP contribution >= 0.6 is 0 Å². The quantitative estimate of drug-likeness (QED) is 0.778. The van der Waals surface area contributed by atoms with E-state index in [4.69, 9.17) is 0 Å². The number of nitrogens with one attached hydrogen (secondary N) is 1. The molecule has 1 aliphatic rings. The Morgan fingerprint density at radius 3 is 2.52 bits per heavy atom. The van der Waals surface area contributed by atoms with Crippen LogP contribution in [0.15, 0.2) is 47.5 Å². The van der Waals surface area contributed by atoms with Crippen molar-refractivity contribution in [3.8, 4) is 0 Å². The van der Waals surface area contributed by atoms with Gasteiger partial charge >= 0.3 is 0 Å². The molecule has 0 unspecified atom stereocenters. The van der Waals surface area contributed by atoms with E-state index in [1.54, 1.807) is 54.5 Å². The minimum Gasteiger partial charge on any atom is -0.354 e. The molecule has 1 aromatic carbocycles. The van der Waals surface area contributed by atoms with Crippen molar-refractivity contribution in [2.45, 2.75) is 17.7 Å². The number of sulfonamides is 1. The van der Waals surface area contributed by atoms with Crippen molar-refractivity contribution < 1.29 is 18.0 Å². The lowest BCUT2D eigenvalue weighted by atomic mass is 10.3. The smallest absolute Gasteiger partial charge is 0.272 e. The van der Waals surface area contributed by atoms with Crippen molar-refractivity contribution in [2.75, 3.05) is 32.7 Å². The molecule has 156 valence electrons. The van der Waals surface area contributed by atoms with Gasteiger partial charge in [0, 0.05) is 52.4 Å². The predicted molar refractivity (Wildman–Crippen MR) is 107 cm³/mol. The lowest BCUT2D eigenvalue weighted by molar-refractivity contribution is -0.121. The predicted octanol–water partition coefficient (Wildman–Crippen LogP) is 0.463. The van der Waals surface area contributed by atoms with Gasteiger partial charge in [0.05, 0.1) is 4.90 Å². The zero-order valence-electron chi connectivity index (χ0n) is 16.3. The number of rotatable bonds is 3. The van der Waals surface area contributed by atoms with Gasteiger partial charge in [0.1, 0.15) is 5.69 Å². The second-order valence-corrected chi connectivity index (χ2v) is 8.74. The SMILES string of the molecule is Cn1nccc1C(=O)N1CCCN(S(=O)(=O)c2ccccc2)CCC(=O)NCC1. The van der Waals surface area contributed by atoms with Crippen LogP contribution in [0.25, 0.3) is 0 Å². The molecule has 1 saturated heterocycles. The van der Waals surface area contributed by atoms with Crippen molar-refractivity contribution in [3.05, 3.63) is 48.3 Å². The molecular formula is C19H25N5O4S. The number of aromatic nitrogens is 2. The van der Waals surface area contributed by atoms with Gasteiger partial charge < -0.3 is 10.2 Å². The van der Waals surface area contributed by atoms with Crippen LogP contribution in [0, 0.1) is 0 Å². The van der Waals surface area contributed by atoms with Gasteiger partial charge in [-0.2, -0.15) is 9.40 Å². The molecule has 0 atom stereocenters.